The highest BCUT2D eigenvalue weighted by molar-refractivity contribution is 6.05. The molecule has 27 heavy (non-hydrogen) atoms. The predicted octanol–water partition coefficient (Wildman–Crippen LogP) is 3.16. The van der Waals surface area contributed by atoms with Gasteiger partial charge in [-0.15, -0.1) is 0 Å². The van der Waals surface area contributed by atoms with Gasteiger partial charge in [0.1, 0.15) is 19.0 Å². The van der Waals surface area contributed by atoms with Crippen LogP contribution < -0.4 is 14.8 Å². The van der Waals surface area contributed by atoms with Gasteiger partial charge in [-0.3, -0.25) is 9.59 Å². The average molecular weight is 377 g/mol. The topological polar surface area (TPSA) is 90.9 Å². The number of alkyl carbamates (subject to hydrolysis) is 1. The number of ketones is 2. The number of hydrogen-bond donors (Lipinski definition) is 1. The summed E-state index contributed by atoms with van der Waals surface area (Å²) in [6, 6.07) is 5.16. The van der Waals surface area contributed by atoms with Gasteiger partial charge in [0, 0.05) is 5.54 Å². The first kappa shape index (κ1) is 22.2. The number of amides is 1. The van der Waals surface area contributed by atoms with Gasteiger partial charge in [-0.2, -0.15) is 0 Å². The van der Waals surface area contributed by atoms with Crippen LogP contribution in [0.1, 0.15) is 39.7 Å². The number of carbonyl (C=O) groups is 3. The number of hydrogen-bond acceptors (Lipinski definition) is 6. The Balaban J connectivity index is 2.57. The van der Waals surface area contributed by atoms with Gasteiger partial charge in [-0.1, -0.05) is 12.1 Å². The summed E-state index contributed by atoms with van der Waals surface area (Å²) in [5.74, 6) is 0.539. The molecule has 0 aliphatic carbocycles. The molecule has 0 fully saturated rings. The van der Waals surface area contributed by atoms with Crippen molar-refractivity contribution in [1.29, 1.82) is 0 Å². The summed E-state index contributed by atoms with van der Waals surface area (Å²) in [7, 11) is 1.50. The van der Waals surface area contributed by atoms with Crippen molar-refractivity contribution in [2.75, 3.05) is 20.3 Å². The van der Waals surface area contributed by atoms with E-state index in [9.17, 15) is 14.4 Å². The molecule has 0 atom stereocenters. The summed E-state index contributed by atoms with van der Waals surface area (Å²) in [5.41, 5.74) is 0.368. The Bertz CT molecular complexity index is 703. The molecule has 0 saturated carbocycles. The lowest BCUT2D eigenvalue weighted by molar-refractivity contribution is -0.123. The predicted molar refractivity (Wildman–Crippen MR) is 102 cm³/mol. The third-order valence-electron chi connectivity index (χ3n) is 3.12. The Morgan fingerprint density at radius 2 is 1.81 bits per heavy atom. The molecular formula is C20H27NO6. The Labute approximate surface area is 159 Å². The van der Waals surface area contributed by atoms with Crippen molar-refractivity contribution in [3.63, 3.8) is 0 Å². The number of rotatable bonds is 9. The minimum absolute atomic E-state index is 0.0896. The minimum Gasteiger partial charge on any atom is -0.493 e. The minimum atomic E-state index is -0.506. The van der Waals surface area contributed by atoms with Crippen molar-refractivity contribution in [3.05, 3.63) is 29.8 Å². The second-order valence-corrected chi connectivity index (χ2v) is 6.95. The van der Waals surface area contributed by atoms with Crippen LogP contribution in [0.4, 0.5) is 4.79 Å². The molecule has 0 spiro atoms. The molecule has 1 amide bonds. The summed E-state index contributed by atoms with van der Waals surface area (Å²) in [5, 5.41) is 2.69. The van der Waals surface area contributed by atoms with Crippen LogP contribution in [0, 0.1) is 0 Å². The number of ether oxygens (including phenoxy) is 3. The maximum Gasteiger partial charge on any atom is 0.407 e. The Morgan fingerprint density at radius 1 is 1.11 bits per heavy atom. The number of benzene rings is 1. The van der Waals surface area contributed by atoms with Gasteiger partial charge in [0.05, 0.1) is 13.5 Å². The van der Waals surface area contributed by atoms with E-state index in [4.69, 9.17) is 14.2 Å². The number of Topliss-reactive ketones (excluding diaryl/α,β-unsaturated/α-hetero) is 1. The Morgan fingerprint density at radius 3 is 2.41 bits per heavy atom. The lowest BCUT2D eigenvalue weighted by Gasteiger charge is -2.20. The van der Waals surface area contributed by atoms with Gasteiger partial charge >= 0.3 is 6.09 Å². The number of methoxy groups -OCH3 is 1. The fraction of sp³-hybridized carbons (Fsp3) is 0.450. The SMILES string of the molecule is COc1cc(C=CC(=O)CC(C)=O)ccc1OCCOC(=O)NC(C)(C)C. The molecule has 7 nitrogen and oxygen atoms in total. The quantitative estimate of drug-likeness (QED) is 0.404. The second kappa shape index (κ2) is 10.4. The van der Waals surface area contributed by atoms with Crippen molar-refractivity contribution >= 4 is 23.7 Å². The largest absolute Gasteiger partial charge is 0.493 e. The third kappa shape index (κ3) is 9.44. The fourth-order valence-electron chi connectivity index (χ4n) is 2.03. The standard InChI is InChI=1S/C20H27NO6/c1-14(22)12-16(23)8-6-15-7-9-17(18(13-15)25-5)26-10-11-27-19(24)21-20(2,3)4/h6-9,13H,10-12H2,1-5H3,(H,21,24). The molecule has 0 radical (unpaired) electrons. The van der Waals surface area contributed by atoms with Gasteiger partial charge in [0.15, 0.2) is 17.3 Å². The van der Waals surface area contributed by atoms with Crippen molar-refractivity contribution in [3.8, 4) is 11.5 Å². The monoisotopic (exact) mass is 377 g/mol. The summed E-state index contributed by atoms with van der Waals surface area (Å²) in [6.45, 7) is 7.21. The van der Waals surface area contributed by atoms with Crippen molar-refractivity contribution in [1.82, 2.24) is 5.32 Å². The van der Waals surface area contributed by atoms with Crippen molar-refractivity contribution in [2.45, 2.75) is 39.7 Å². The lowest BCUT2D eigenvalue weighted by atomic mass is 10.1. The van der Waals surface area contributed by atoms with E-state index in [1.165, 1.54) is 20.1 Å². The Hall–Kier alpha value is -2.83. The molecule has 0 heterocycles. The van der Waals surface area contributed by atoms with E-state index in [1.807, 2.05) is 20.8 Å². The first-order chi connectivity index (χ1) is 12.6. The molecule has 1 aromatic carbocycles. The molecule has 148 valence electrons. The second-order valence-electron chi connectivity index (χ2n) is 6.95. The van der Waals surface area contributed by atoms with Crippen LogP contribution in [0.2, 0.25) is 0 Å². The zero-order valence-corrected chi connectivity index (χ0v) is 16.5. The van der Waals surface area contributed by atoms with E-state index in [-0.39, 0.29) is 36.7 Å². The van der Waals surface area contributed by atoms with Gasteiger partial charge in [0.25, 0.3) is 0 Å². The van der Waals surface area contributed by atoms with Gasteiger partial charge in [0.2, 0.25) is 0 Å². The average Bonchev–Trinajstić information content (AvgIpc) is 2.55. The number of allylic oxidation sites excluding steroid dienone is 1. The zero-order valence-electron chi connectivity index (χ0n) is 16.5. The molecule has 0 bridgehead atoms. The summed E-state index contributed by atoms with van der Waals surface area (Å²) < 4.78 is 15.9. The smallest absolute Gasteiger partial charge is 0.407 e. The molecule has 7 heteroatoms. The number of nitrogens with one attached hydrogen (secondary N) is 1. The van der Waals surface area contributed by atoms with E-state index < -0.39 is 6.09 Å². The maximum atomic E-state index is 11.6. The lowest BCUT2D eigenvalue weighted by Crippen LogP contribution is -2.41. The van der Waals surface area contributed by atoms with E-state index in [0.29, 0.717) is 11.5 Å². The van der Waals surface area contributed by atoms with Crippen LogP contribution in [0.3, 0.4) is 0 Å². The first-order valence-corrected chi connectivity index (χ1v) is 8.57. The van der Waals surface area contributed by atoms with E-state index >= 15 is 0 Å². The first-order valence-electron chi connectivity index (χ1n) is 8.57. The molecule has 1 aromatic rings. The van der Waals surface area contributed by atoms with E-state index in [1.54, 1.807) is 24.3 Å². The molecule has 0 unspecified atom stereocenters. The summed E-state index contributed by atoms with van der Waals surface area (Å²) >= 11 is 0. The molecule has 1 N–H and O–H groups in total. The van der Waals surface area contributed by atoms with Crippen LogP contribution >= 0.6 is 0 Å². The van der Waals surface area contributed by atoms with Crippen LogP contribution in [-0.2, 0) is 14.3 Å². The summed E-state index contributed by atoms with van der Waals surface area (Å²) in [6.07, 6.45) is 2.35. The van der Waals surface area contributed by atoms with Crippen molar-refractivity contribution in [2.24, 2.45) is 0 Å². The molecule has 0 aromatic heterocycles. The summed E-state index contributed by atoms with van der Waals surface area (Å²) in [4.78, 5) is 34.0. The highest BCUT2D eigenvalue weighted by Crippen LogP contribution is 2.28. The van der Waals surface area contributed by atoms with Gasteiger partial charge in [-0.25, -0.2) is 4.79 Å². The van der Waals surface area contributed by atoms with Crippen LogP contribution in [0.5, 0.6) is 11.5 Å². The van der Waals surface area contributed by atoms with Crippen molar-refractivity contribution < 1.29 is 28.6 Å². The fourth-order valence-corrected chi connectivity index (χ4v) is 2.03. The molecular weight excluding hydrogens is 350 g/mol. The Kier molecular flexibility index (Phi) is 8.51. The highest BCUT2D eigenvalue weighted by Gasteiger charge is 2.14. The molecule has 1 rings (SSSR count). The molecule has 0 aliphatic heterocycles. The van der Waals surface area contributed by atoms with Gasteiger partial charge < -0.3 is 19.5 Å². The van der Waals surface area contributed by atoms with Crippen LogP contribution in [-0.4, -0.2) is 43.5 Å². The van der Waals surface area contributed by atoms with Gasteiger partial charge in [-0.05, 0) is 51.5 Å². The molecule has 0 aliphatic rings. The highest BCUT2D eigenvalue weighted by atomic mass is 16.6. The normalized spacial score (nSPS) is 11.1. The van der Waals surface area contributed by atoms with E-state index in [0.717, 1.165) is 5.56 Å². The van der Waals surface area contributed by atoms with Crippen LogP contribution in [0.25, 0.3) is 6.08 Å². The molecule has 0 saturated heterocycles. The third-order valence-corrected chi connectivity index (χ3v) is 3.12. The van der Waals surface area contributed by atoms with E-state index in [2.05, 4.69) is 5.32 Å². The maximum absolute atomic E-state index is 11.6. The zero-order chi connectivity index (χ0) is 20.4. The number of carbonyl (C=O) groups excluding carboxylic acids is 3. The van der Waals surface area contributed by atoms with Crippen LogP contribution in [0.15, 0.2) is 24.3 Å².